The van der Waals surface area contributed by atoms with Crippen LogP contribution in [0.1, 0.15) is 30.7 Å². The predicted molar refractivity (Wildman–Crippen MR) is 91.5 cm³/mol. The number of benzene rings is 1. The lowest BCUT2D eigenvalue weighted by atomic mass is 9.95. The molecule has 0 radical (unpaired) electrons. The molecule has 98 valence electrons. The monoisotopic (exact) mass is 294 g/mol. The van der Waals surface area contributed by atoms with Gasteiger partial charge >= 0.3 is 0 Å². The zero-order valence-electron chi connectivity index (χ0n) is 11.1. The van der Waals surface area contributed by atoms with Gasteiger partial charge in [-0.15, -0.1) is 30.1 Å². The van der Waals surface area contributed by atoms with Crippen LogP contribution in [0.2, 0.25) is 0 Å². The summed E-state index contributed by atoms with van der Waals surface area (Å²) in [7, 11) is 1.16. The van der Waals surface area contributed by atoms with Gasteiger partial charge in [-0.1, -0.05) is 35.5 Å². The first kappa shape index (κ1) is 14.3. The van der Waals surface area contributed by atoms with E-state index >= 15 is 0 Å². The molecule has 0 saturated carbocycles. The standard InChI is InChI=1S/C15H22S2Si/c1-2-3-7-13(15-16-10-6-11-17-15)12-8-4-5-9-14(12)18/h2,4-5,8-9,13,15H,1,3,6-7,10-11H2,18H3. The van der Waals surface area contributed by atoms with Crippen molar-refractivity contribution in [2.45, 2.75) is 29.8 Å². The van der Waals surface area contributed by atoms with Crippen molar-refractivity contribution < 1.29 is 0 Å². The maximum absolute atomic E-state index is 3.89. The summed E-state index contributed by atoms with van der Waals surface area (Å²) in [5, 5.41) is 1.58. The largest absolute Gasteiger partial charge is 0.147 e. The Hall–Kier alpha value is -0.123. The Morgan fingerprint density at radius 1 is 1.33 bits per heavy atom. The molecule has 1 aromatic carbocycles. The van der Waals surface area contributed by atoms with E-state index in [9.17, 15) is 0 Å². The summed E-state index contributed by atoms with van der Waals surface area (Å²) in [6.45, 7) is 3.89. The fourth-order valence-electron chi connectivity index (χ4n) is 2.48. The molecular weight excluding hydrogens is 272 g/mol. The summed E-state index contributed by atoms with van der Waals surface area (Å²) in [5.74, 6) is 3.39. The molecule has 1 unspecified atom stereocenters. The Labute approximate surface area is 122 Å². The Balaban J connectivity index is 2.18. The van der Waals surface area contributed by atoms with Crippen molar-refractivity contribution in [2.75, 3.05) is 11.5 Å². The van der Waals surface area contributed by atoms with Crippen molar-refractivity contribution in [3.8, 4) is 0 Å². The van der Waals surface area contributed by atoms with Crippen LogP contribution in [-0.2, 0) is 0 Å². The van der Waals surface area contributed by atoms with Crippen molar-refractivity contribution in [2.24, 2.45) is 0 Å². The second-order valence-corrected chi connectivity index (χ2v) is 8.67. The molecule has 3 heteroatoms. The SMILES string of the molecule is C=CCCC(c1ccccc1[SiH3])C1SCCCS1. The minimum atomic E-state index is 0.715. The molecule has 18 heavy (non-hydrogen) atoms. The van der Waals surface area contributed by atoms with Crippen LogP contribution >= 0.6 is 23.5 Å². The first-order chi connectivity index (χ1) is 8.83. The second-order valence-electron chi connectivity index (χ2n) is 4.79. The highest BCUT2D eigenvalue weighted by molar-refractivity contribution is 8.17. The maximum atomic E-state index is 3.89. The summed E-state index contributed by atoms with van der Waals surface area (Å²) in [6, 6.07) is 9.04. The van der Waals surface area contributed by atoms with Crippen LogP contribution in [0.4, 0.5) is 0 Å². The average Bonchev–Trinajstić information content (AvgIpc) is 2.42. The molecule has 1 saturated heterocycles. The third-order valence-corrected chi connectivity index (χ3v) is 7.54. The van der Waals surface area contributed by atoms with E-state index in [-0.39, 0.29) is 0 Å². The van der Waals surface area contributed by atoms with E-state index in [1.165, 1.54) is 24.3 Å². The molecule has 0 bridgehead atoms. The molecule has 1 aromatic rings. The van der Waals surface area contributed by atoms with Gasteiger partial charge in [-0.2, -0.15) is 0 Å². The number of allylic oxidation sites excluding steroid dienone is 1. The highest BCUT2D eigenvalue weighted by Crippen LogP contribution is 2.42. The van der Waals surface area contributed by atoms with Crippen molar-refractivity contribution in [3.63, 3.8) is 0 Å². The Kier molecular flexibility index (Phi) is 5.92. The lowest BCUT2D eigenvalue weighted by Crippen LogP contribution is -2.23. The summed E-state index contributed by atoms with van der Waals surface area (Å²) < 4.78 is 0.758. The molecule has 0 spiro atoms. The molecule has 2 rings (SSSR count). The van der Waals surface area contributed by atoms with E-state index < -0.39 is 0 Å². The van der Waals surface area contributed by atoms with Gasteiger partial charge in [-0.05, 0) is 36.3 Å². The molecule has 0 N–H and O–H groups in total. The first-order valence-corrected chi connectivity index (χ1v) is 9.82. The van der Waals surface area contributed by atoms with Gasteiger partial charge in [-0.25, -0.2) is 0 Å². The minimum absolute atomic E-state index is 0.715. The fourth-order valence-corrected chi connectivity index (χ4v) is 6.47. The Morgan fingerprint density at radius 2 is 2.06 bits per heavy atom. The van der Waals surface area contributed by atoms with Crippen molar-refractivity contribution >= 4 is 39.0 Å². The Morgan fingerprint density at radius 3 is 2.72 bits per heavy atom. The smallest absolute Gasteiger partial charge is 0.0570 e. The van der Waals surface area contributed by atoms with Gasteiger partial charge in [-0.3, -0.25) is 0 Å². The van der Waals surface area contributed by atoms with Crippen LogP contribution in [-0.4, -0.2) is 26.3 Å². The summed E-state index contributed by atoms with van der Waals surface area (Å²) in [4.78, 5) is 0. The summed E-state index contributed by atoms with van der Waals surface area (Å²) in [6.07, 6.45) is 5.84. The quantitative estimate of drug-likeness (QED) is 0.605. The lowest BCUT2D eigenvalue weighted by molar-refractivity contribution is 0.682. The number of hydrogen-bond acceptors (Lipinski definition) is 2. The number of thioether (sulfide) groups is 2. The van der Waals surface area contributed by atoms with Crippen LogP contribution in [0.5, 0.6) is 0 Å². The zero-order chi connectivity index (χ0) is 12.8. The van der Waals surface area contributed by atoms with Gasteiger partial charge in [0.1, 0.15) is 0 Å². The van der Waals surface area contributed by atoms with Crippen LogP contribution in [0.3, 0.4) is 0 Å². The van der Waals surface area contributed by atoms with Gasteiger partial charge in [0, 0.05) is 16.2 Å². The highest BCUT2D eigenvalue weighted by Gasteiger charge is 2.26. The molecule has 1 heterocycles. The van der Waals surface area contributed by atoms with E-state index in [2.05, 4.69) is 60.4 Å². The van der Waals surface area contributed by atoms with E-state index in [0.717, 1.165) is 21.2 Å². The first-order valence-electron chi connectivity index (χ1n) is 6.72. The van der Waals surface area contributed by atoms with Crippen molar-refractivity contribution in [1.29, 1.82) is 0 Å². The van der Waals surface area contributed by atoms with Crippen LogP contribution in [0, 0.1) is 0 Å². The van der Waals surface area contributed by atoms with E-state index in [0.29, 0.717) is 5.92 Å². The van der Waals surface area contributed by atoms with Gasteiger partial charge < -0.3 is 0 Å². The molecule has 1 aliphatic heterocycles. The van der Waals surface area contributed by atoms with E-state index in [1.807, 2.05) is 0 Å². The third-order valence-electron chi connectivity index (χ3n) is 3.45. The van der Waals surface area contributed by atoms with Gasteiger partial charge in [0.05, 0.1) is 4.58 Å². The van der Waals surface area contributed by atoms with Gasteiger partial charge in [0.2, 0.25) is 0 Å². The van der Waals surface area contributed by atoms with Crippen LogP contribution in [0.25, 0.3) is 0 Å². The Bertz CT molecular complexity index is 386. The fraction of sp³-hybridized carbons (Fsp3) is 0.467. The third kappa shape index (κ3) is 3.69. The molecule has 1 atom stereocenters. The van der Waals surface area contributed by atoms with E-state index in [4.69, 9.17) is 0 Å². The normalized spacial score (nSPS) is 18.7. The molecule has 0 aromatic heterocycles. The summed E-state index contributed by atoms with van der Waals surface area (Å²) in [5.41, 5.74) is 1.61. The number of hydrogen-bond donors (Lipinski definition) is 0. The van der Waals surface area contributed by atoms with Gasteiger partial charge in [0.25, 0.3) is 0 Å². The highest BCUT2D eigenvalue weighted by atomic mass is 32.2. The average molecular weight is 295 g/mol. The molecule has 0 aliphatic carbocycles. The van der Waals surface area contributed by atoms with Crippen molar-refractivity contribution in [1.82, 2.24) is 0 Å². The zero-order valence-corrected chi connectivity index (χ0v) is 14.7. The molecular formula is C15H22S2Si. The molecule has 0 amide bonds. The van der Waals surface area contributed by atoms with Crippen LogP contribution in [0.15, 0.2) is 36.9 Å². The molecule has 0 nitrogen and oxygen atoms in total. The molecule has 1 fully saturated rings. The lowest BCUT2D eigenvalue weighted by Gasteiger charge is -2.30. The second kappa shape index (κ2) is 7.46. The van der Waals surface area contributed by atoms with E-state index in [1.54, 1.807) is 10.8 Å². The molecule has 1 aliphatic rings. The minimum Gasteiger partial charge on any atom is -0.147 e. The van der Waals surface area contributed by atoms with Crippen molar-refractivity contribution in [3.05, 3.63) is 42.5 Å². The maximum Gasteiger partial charge on any atom is 0.0570 e. The topological polar surface area (TPSA) is 0 Å². The van der Waals surface area contributed by atoms with Crippen LogP contribution < -0.4 is 5.19 Å². The predicted octanol–water partition coefficient (Wildman–Crippen LogP) is 2.92. The summed E-state index contributed by atoms with van der Waals surface area (Å²) >= 11 is 4.34. The van der Waals surface area contributed by atoms with Gasteiger partial charge in [0.15, 0.2) is 0 Å². The number of rotatable bonds is 5.